The first-order valence-corrected chi connectivity index (χ1v) is 10.3. The average molecular weight is 419 g/mol. The Hall–Kier alpha value is -3.75. The van der Waals surface area contributed by atoms with Crippen LogP contribution in [0.5, 0.6) is 0 Å². The minimum absolute atomic E-state index is 0.109. The van der Waals surface area contributed by atoms with Crippen molar-refractivity contribution >= 4 is 35.0 Å². The summed E-state index contributed by atoms with van der Waals surface area (Å²) in [5.41, 5.74) is 3.52. The highest BCUT2D eigenvalue weighted by atomic mass is 16.1. The lowest BCUT2D eigenvalue weighted by Crippen LogP contribution is -2.47. The number of hydrogen-bond acceptors (Lipinski definition) is 8. The lowest BCUT2D eigenvalue weighted by Gasteiger charge is -2.35. The molecule has 3 aromatic rings. The molecule has 0 saturated carbocycles. The number of aryl methyl sites for hydroxylation is 1. The van der Waals surface area contributed by atoms with Gasteiger partial charge in [0.1, 0.15) is 12.1 Å². The van der Waals surface area contributed by atoms with E-state index in [4.69, 9.17) is 0 Å². The zero-order valence-corrected chi connectivity index (χ0v) is 18.0. The predicted octanol–water partition coefficient (Wildman–Crippen LogP) is 2.91. The van der Waals surface area contributed by atoms with E-state index in [1.54, 1.807) is 0 Å². The molecule has 0 aliphatic carbocycles. The Bertz CT molecular complexity index is 1080. The Balaban J connectivity index is 1.44. The van der Waals surface area contributed by atoms with Gasteiger partial charge in [-0.2, -0.15) is 4.98 Å². The Kier molecular flexibility index (Phi) is 5.92. The number of carbonyl (C=O) groups is 1. The number of anilines is 5. The molecule has 0 atom stereocenters. The Labute approximate surface area is 181 Å². The Morgan fingerprint density at radius 2 is 1.61 bits per heavy atom. The molecule has 0 bridgehead atoms. The fraction of sp³-hybridized carbons (Fsp3) is 0.318. The van der Waals surface area contributed by atoms with Crippen LogP contribution in [0.25, 0.3) is 0 Å². The van der Waals surface area contributed by atoms with Crippen molar-refractivity contribution in [2.24, 2.45) is 0 Å². The zero-order chi connectivity index (χ0) is 21.8. The van der Waals surface area contributed by atoms with Crippen molar-refractivity contribution in [1.82, 2.24) is 19.9 Å². The highest BCUT2D eigenvalue weighted by Crippen LogP contribution is 2.26. The number of nitrogens with one attached hydrogen (secondary N) is 2. The summed E-state index contributed by atoms with van der Waals surface area (Å²) in [6.45, 7) is 8.74. The minimum Gasteiger partial charge on any atom is -0.353 e. The quantitative estimate of drug-likeness (QED) is 0.653. The Morgan fingerprint density at radius 1 is 0.903 bits per heavy atom. The van der Waals surface area contributed by atoms with Crippen LogP contribution in [0, 0.1) is 13.8 Å². The van der Waals surface area contributed by atoms with Gasteiger partial charge in [0.05, 0.1) is 0 Å². The van der Waals surface area contributed by atoms with Crippen LogP contribution in [-0.2, 0) is 4.79 Å². The lowest BCUT2D eigenvalue weighted by molar-refractivity contribution is -0.114. The normalized spacial score (nSPS) is 13.8. The van der Waals surface area contributed by atoms with Crippen LogP contribution in [0.3, 0.4) is 0 Å². The summed E-state index contributed by atoms with van der Waals surface area (Å²) >= 11 is 0. The number of rotatable bonds is 5. The second kappa shape index (κ2) is 8.95. The number of aromatic nitrogens is 4. The van der Waals surface area contributed by atoms with Gasteiger partial charge in [0.25, 0.3) is 0 Å². The van der Waals surface area contributed by atoms with E-state index in [2.05, 4.69) is 40.4 Å². The van der Waals surface area contributed by atoms with E-state index in [1.165, 1.54) is 13.3 Å². The van der Waals surface area contributed by atoms with Gasteiger partial charge in [-0.05, 0) is 43.7 Å². The lowest BCUT2D eigenvalue weighted by atomic mass is 10.1. The molecule has 160 valence electrons. The Morgan fingerprint density at radius 3 is 2.35 bits per heavy atom. The smallest absolute Gasteiger partial charge is 0.232 e. The number of benzene rings is 1. The van der Waals surface area contributed by atoms with E-state index in [0.29, 0.717) is 11.9 Å². The third-order valence-corrected chi connectivity index (χ3v) is 5.21. The predicted molar refractivity (Wildman–Crippen MR) is 122 cm³/mol. The molecule has 9 nitrogen and oxygen atoms in total. The summed E-state index contributed by atoms with van der Waals surface area (Å²) in [5, 5.41) is 6.08. The van der Waals surface area contributed by atoms with E-state index in [9.17, 15) is 4.79 Å². The van der Waals surface area contributed by atoms with E-state index in [-0.39, 0.29) is 5.91 Å². The van der Waals surface area contributed by atoms with E-state index in [1.807, 2.05) is 50.2 Å². The largest absolute Gasteiger partial charge is 0.353 e. The van der Waals surface area contributed by atoms with Crippen molar-refractivity contribution in [3.63, 3.8) is 0 Å². The van der Waals surface area contributed by atoms with Gasteiger partial charge in [-0.1, -0.05) is 12.1 Å². The van der Waals surface area contributed by atoms with Crippen molar-refractivity contribution in [1.29, 1.82) is 0 Å². The van der Waals surface area contributed by atoms with Crippen LogP contribution in [-0.4, -0.2) is 52.0 Å². The molecule has 3 heterocycles. The third-order valence-electron chi connectivity index (χ3n) is 5.21. The van der Waals surface area contributed by atoms with Crippen molar-refractivity contribution in [3.05, 3.63) is 54.0 Å². The summed E-state index contributed by atoms with van der Waals surface area (Å²) in [7, 11) is 0. The minimum atomic E-state index is -0.109. The highest BCUT2D eigenvalue weighted by Gasteiger charge is 2.20. The highest BCUT2D eigenvalue weighted by molar-refractivity contribution is 5.90. The van der Waals surface area contributed by atoms with E-state index < -0.39 is 0 Å². The summed E-state index contributed by atoms with van der Waals surface area (Å²) in [6, 6.07) is 11.8. The molecule has 1 aliphatic rings. The third kappa shape index (κ3) is 4.88. The first-order chi connectivity index (χ1) is 15.0. The van der Waals surface area contributed by atoms with Gasteiger partial charge >= 0.3 is 0 Å². The molecule has 1 amide bonds. The number of nitrogens with zero attached hydrogens (tertiary/aromatic N) is 6. The van der Waals surface area contributed by atoms with E-state index in [0.717, 1.165) is 54.6 Å². The first kappa shape index (κ1) is 20.5. The van der Waals surface area contributed by atoms with Crippen LogP contribution in [0.2, 0.25) is 0 Å². The van der Waals surface area contributed by atoms with Gasteiger partial charge in [0.15, 0.2) is 0 Å². The number of amides is 1. The van der Waals surface area contributed by atoms with Crippen LogP contribution in [0.4, 0.5) is 29.1 Å². The number of carbonyl (C=O) groups excluding carboxylic acids is 1. The van der Waals surface area contributed by atoms with Gasteiger partial charge in [0.2, 0.25) is 17.8 Å². The second-order valence-electron chi connectivity index (χ2n) is 7.50. The van der Waals surface area contributed by atoms with E-state index >= 15 is 0 Å². The molecule has 4 rings (SSSR count). The molecular weight excluding hydrogens is 392 g/mol. The van der Waals surface area contributed by atoms with Crippen molar-refractivity contribution in [2.45, 2.75) is 20.8 Å². The standard InChI is InChI=1S/C22H26N8O/c1-15-6-4-9-20(25-15)29-10-12-30(13-11-29)22-24-14-23-21(28-22)27-19-8-5-7-18(16(19)2)26-17(3)31/h4-9,14H,10-13H2,1-3H3,(H,26,31)(H,23,24,27,28). The topological polar surface area (TPSA) is 99.2 Å². The maximum atomic E-state index is 11.4. The zero-order valence-electron chi connectivity index (χ0n) is 18.0. The summed E-state index contributed by atoms with van der Waals surface area (Å²) in [6.07, 6.45) is 1.52. The fourth-order valence-electron chi connectivity index (χ4n) is 3.56. The molecule has 0 spiro atoms. The molecule has 1 aromatic carbocycles. The maximum Gasteiger partial charge on any atom is 0.232 e. The number of piperazine rings is 1. The molecule has 2 N–H and O–H groups in total. The van der Waals surface area contributed by atoms with Gasteiger partial charge in [-0.3, -0.25) is 4.79 Å². The van der Waals surface area contributed by atoms with Crippen molar-refractivity contribution in [3.8, 4) is 0 Å². The molecular formula is C22H26N8O. The second-order valence-corrected chi connectivity index (χ2v) is 7.50. The maximum absolute atomic E-state index is 11.4. The molecule has 0 unspecified atom stereocenters. The molecule has 1 aliphatic heterocycles. The number of hydrogen-bond donors (Lipinski definition) is 2. The van der Waals surface area contributed by atoms with Crippen LogP contribution >= 0.6 is 0 Å². The number of pyridine rings is 1. The van der Waals surface area contributed by atoms with Crippen LogP contribution < -0.4 is 20.4 Å². The molecule has 31 heavy (non-hydrogen) atoms. The van der Waals surface area contributed by atoms with Crippen molar-refractivity contribution < 1.29 is 4.79 Å². The monoisotopic (exact) mass is 418 g/mol. The first-order valence-electron chi connectivity index (χ1n) is 10.3. The molecule has 9 heteroatoms. The SMILES string of the molecule is CC(=O)Nc1cccc(Nc2ncnc(N3CCN(c4cccc(C)n4)CC3)n2)c1C. The summed E-state index contributed by atoms with van der Waals surface area (Å²) in [5.74, 6) is 2.01. The molecule has 2 aromatic heterocycles. The fourth-order valence-corrected chi connectivity index (χ4v) is 3.56. The average Bonchev–Trinajstić information content (AvgIpc) is 2.77. The van der Waals surface area contributed by atoms with Gasteiger partial charge in [-0.25, -0.2) is 15.0 Å². The van der Waals surface area contributed by atoms with Gasteiger partial charge in [-0.15, -0.1) is 0 Å². The summed E-state index contributed by atoms with van der Waals surface area (Å²) in [4.78, 5) is 33.7. The summed E-state index contributed by atoms with van der Waals surface area (Å²) < 4.78 is 0. The van der Waals surface area contributed by atoms with Gasteiger partial charge in [0, 0.05) is 50.2 Å². The molecule has 0 radical (unpaired) electrons. The molecule has 1 saturated heterocycles. The molecule has 1 fully saturated rings. The van der Waals surface area contributed by atoms with Crippen LogP contribution in [0.15, 0.2) is 42.7 Å². The van der Waals surface area contributed by atoms with Gasteiger partial charge < -0.3 is 20.4 Å². The van der Waals surface area contributed by atoms with Crippen LogP contribution in [0.1, 0.15) is 18.2 Å². The van der Waals surface area contributed by atoms with Crippen molar-refractivity contribution in [2.75, 3.05) is 46.6 Å².